The third-order valence-electron chi connectivity index (χ3n) is 2.99. The summed E-state index contributed by atoms with van der Waals surface area (Å²) in [5.41, 5.74) is 0.874. The van der Waals surface area contributed by atoms with Crippen molar-refractivity contribution in [2.45, 2.75) is 13.8 Å². The van der Waals surface area contributed by atoms with Crippen LogP contribution in [0.3, 0.4) is 0 Å². The van der Waals surface area contributed by atoms with Gasteiger partial charge in [-0.2, -0.15) is 0 Å². The Balaban J connectivity index is 2.15. The van der Waals surface area contributed by atoms with Crippen LogP contribution in [-0.2, 0) is 0 Å². The van der Waals surface area contributed by atoms with Crippen molar-refractivity contribution in [2.75, 3.05) is 38.1 Å². The van der Waals surface area contributed by atoms with E-state index in [-0.39, 0.29) is 5.78 Å². The number of rotatable bonds is 2. The maximum absolute atomic E-state index is 11.4. The molecule has 1 saturated heterocycles. The highest BCUT2D eigenvalue weighted by Crippen LogP contribution is 2.26. The standard InChI is InChI=1S/C11H17N3OS/c1-8-10(9(2)15)16-11(12-8)14-6-4-13(3)5-7-14/h4-7H2,1-3H3/p+1. The van der Waals surface area contributed by atoms with E-state index in [1.165, 1.54) is 11.3 Å². The van der Waals surface area contributed by atoms with Gasteiger partial charge in [-0.25, -0.2) is 4.98 Å². The van der Waals surface area contributed by atoms with Gasteiger partial charge in [-0.05, 0) is 6.92 Å². The minimum Gasteiger partial charge on any atom is -0.337 e. The first-order chi connectivity index (χ1) is 7.58. The van der Waals surface area contributed by atoms with Crippen molar-refractivity contribution in [1.29, 1.82) is 0 Å². The van der Waals surface area contributed by atoms with Crippen molar-refractivity contribution in [3.05, 3.63) is 10.6 Å². The molecule has 88 valence electrons. The molecule has 1 fully saturated rings. The lowest BCUT2D eigenvalue weighted by atomic mass is 10.3. The van der Waals surface area contributed by atoms with E-state index in [0.717, 1.165) is 41.9 Å². The molecule has 0 aromatic carbocycles. The summed E-state index contributed by atoms with van der Waals surface area (Å²) in [4.78, 5) is 20.5. The second-order valence-electron chi connectivity index (χ2n) is 4.41. The first kappa shape index (κ1) is 11.5. The lowest BCUT2D eigenvalue weighted by molar-refractivity contribution is -0.880. The largest absolute Gasteiger partial charge is 0.337 e. The second kappa shape index (κ2) is 4.51. The van der Waals surface area contributed by atoms with Crippen molar-refractivity contribution in [3.8, 4) is 0 Å². The lowest BCUT2D eigenvalue weighted by Crippen LogP contribution is -3.12. The van der Waals surface area contributed by atoms with E-state index in [4.69, 9.17) is 0 Å². The minimum atomic E-state index is 0.126. The summed E-state index contributed by atoms with van der Waals surface area (Å²) in [5.74, 6) is 0.126. The number of piperazine rings is 1. The van der Waals surface area contributed by atoms with Gasteiger partial charge in [-0.1, -0.05) is 11.3 Å². The summed E-state index contributed by atoms with van der Waals surface area (Å²) in [5, 5.41) is 1.01. The predicted octanol–water partition coefficient (Wildman–Crippen LogP) is -0.0112. The Hall–Kier alpha value is -0.940. The topological polar surface area (TPSA) is 37.6 Å². The van der Waals surface area contributed by atoms with Crippen molar-refractivity contribution >= 4 is 22.3 Å². The van der Waals surface area contributed by atoms with Crippen molar-refractivity contribution in [1.82, 2.24) is 4.98 Å². The number of nitrogens with zero attached hydrogens (tertiary/aromatic N) is 2. The molecular weight excluding hydrogens is 222 g/mol. The van der Waals surface area contributed by atoms with Gasteiger partial charge >= 0.3 is 0 Å². The maximum Gasteiger partial charge on any atom is 0.186 e. The number of aryl methyl sites for hydroxylation is 1. The van der Waals surface area contributed by atoms with Crippen LogP contribution >= 0.6 is 11.3 Å². The fourth-order valence-corrected chi connectivity index (χ4v) is 2.94. The average molecular weight is 240 g/mol. The monoisotopic (exact) mass is 240 g/mol. The Kier molecular flexibility index (Phi) is 3.25. The number of carbonyl (C=O) groups excluding carboxylic acids is 1. The number of carbonyl (C=O) groups is 1. The average Bonchev–Trinajstić information content (AvgIpc) is 2.61. The fraction of sp³-hybridized carbons (Fsp3) is 0.636. The van der Waals surface area contributed by atoms with E-state index < -0.39 is 0 Å². The summed E-state index contributed by atoms with van der Waals surface area (Å²) in [6.45, 7) is 7.89. The zero-order valence-corrected chi connectivity index (χ0v) is 10.9. The van der Waals surface area contributed by atoms with Gasteiger partial charge in [0.05, 0.1) is 43.8 Å². The molecule has 1 N–H and O–H groups in total. The molecule has 0 saturated carbocycles. The van der Waals surface area contributed by atoms with Gasteiger partial charge in [0.25, 0.3) is 0 Å². The van der Waals surface area contributed by atoms with Gasteiger partial charge in [0.1, 0.15) is 0 Å². The van der Waals surface area contributed by atoms with Crippen LogP contribution in [0.25, 0.3) is 0 Å². The number of nitrogens with one attached hydrogen (secondary N) is 1. The fourth-order valence-electron chi connectivity index (χ4n) is 1.92. The molecule has 0 bridgehead atoms. The number of ketones is 1. The molecule has 0 radical (unpaired) electrons. The Bertz CT molecular complexity index is 394. The van der Waals surface area contributed by atoms with E-state index in [0.29, 0.717) is 0 Å². The Morgan fingerprint density at radius 2 is 2.06 bits per heavy atom. The first-order valence-electron chi connectivity index (χ1n) is 5.62. The van der Waals surface area contributed by atoms with Gasteiger partial charge in [0.2, 0.25) is 0 Å². The molecule has 0 spiro atoms. The number of hydrogen-bond donors (Lipinski definition) is 1. The molecule has 1 aliphatic heterocycles. The number of thiazole rings is 1. The second-order valence-corrected chi connectivity index (χ2v) is 5.39. The number of anilines is 1. The van der Waals surface area contributed by atoms with Crippen molar-refractivity contribution in [3.63, 3.8) is 0 Å². The first-order valence-corrected chi connectivity index (χ1v) is 6.44. The zero-order chi connectivity index (χ0) is 11.7. The molecule has 0 aliphatic carbocycles. The van der Waals surface area contributed by atoms with E-state index in [1.807, 2.05) is 6.92 Å². The van der Waals surface area contributed by atoms with E-state index in [2.05, 4.69) is 16.9 Å². The Morgan fingerprint density at radius 1 is 1.44 bits per heavy atom. The summed E-state index contributed by atoms with van der Waals surface area (Å²) in [6.07, 6.45) is 0. The number of Topliss-reactive ketones (excluding diaryl/α,β-unsaturated/α-hetero) is 1. The van der Waals surface area contributed by atoms with Crippen LogP contribution in [-0.4, -0.2) is 44.0 Å². The van der Waals surface area contributed by atoms with Crippen LogP contribution in [0.4, 0.5) is 5.13 Å². The highest BCUT2D eigenvalue weighted by Gasteiger charge is 2.21. The van der Waals surface area contributed by atoms with E-state index >= 15 is 0 Å². The van der Waals surface area contributed by atoms with Crippen LogP contribution in [0.2, 0.25) is 0 Å². The van der Waals surface area contributed by atoms with Gasteiger partial charge in [-0.3, -0.25) is 4.79 Å². The number of hydrogen-bond acceptors (Lipinski definition) is 4. The van der Waals surface area contributed by atoms with Gasteiger partial charge in [-0.15, -0.1) is 0 Å². The third kappa shape index (κ3) is 2.25. The van der Waals surface area contributed by atoms with Crippen molar-refractivity contribution in [2.24, 2.45) is 0 Å². The molecule has 1 aromatic rings. The lowest BCUT2D eigenvalue weighted by Gasteiger charge is -2.29. The smallest absolute Gasteiger partial charge is 0.186 e. The number of aromatic nitrogens is 1. The molecule has 0 unspecified atom stereocenters. The highest BCUT2D eigenvalue weighted by molar-refractivity contribution is 7.17. The van der Waals surface area contributed by atoms with E-state index in [1.54, 1.807) is 11.8 Å². The minimum absolute atomic E-state index is 0.126. The normalized spacial score (nSPS) is 17.8. The maximum atomic E-state index is 11.4. The summed E-state index contributed by atoms with van der Waals surface area (Å²) < 4.78 is 0. The molecule has 16 heavy (non-hydrogen) atoms. The molecular formula is C11H18N3OS+. The van der Waals surface area contributed by atoms with Gasteiger partial charge in [0.15, 0.2) is 10.9 Å². The van der Waals surface area contributed by atoms with Crippen LogP contribution in [0, 0.1) is 6.92 Å². The number of quaternary nitrogens is 1. The summed E-state index contributed by atoms with van der Waals surface area (Å²) >= 11 is 1.53. The molecule has 5 heteroatoms. The molecule has 0 amide bonds. The van der Waals surface area contributed by atoms with Crippen LogP contribution in [0.5, 0.6) is 0 Å². The number of likely N-dealkylation sites (N-methyl/N-ethyl adjacent to an activating group) is 1. The molecule has 4 nitrogen and oxygen atoms in total. The third-order valence-corrected chi connectivity index (χ3v) is 4.31. The van der Waals surface area contributed by atoms with Crippen LogP contribution < -0.4 is 9.80 Å². The summed E-state index contributed by atoms with van der Waals surface area (Å²) in [6, 6.07) is 0. The molecule has 2 heterocycles. The molecule has 1 aliphatic rings. The quantitative estimate of drug-likeness (QED) is 0.739. The molecule has 2 rings (SSSR count). The zero-order valence-electron chi connectivity index (χ0n) is 10.0. The van der Waals surface area contributed by atoms with Crippen molar-refractivity contribution < 1.29 is 9.69 Å². The SMILES string of the molecule is CC(=O)c1sc(N2CC[NH+](C)CC2)nc1C. The molecule has 0 atom stereocenters. The van der Waals surface area contributed by atoms with Crippen LogP contribution in [0.15, 0.2) is 0 Å². The van der Waals surface area contributed by atoms with Crippen LogP contribution in [0.1, 0.15) is 22.3 Å². The summed E-state index contributed by atoms with van der Waals surface area (Å²) in [7, 11) is 2.21. The van der Waals surface area contributed by atoms with Gasteiger partial charge < -0.3 is 9.80 Å². The van der Waals surface area contributed by atoms with Gasteiger partial charge in [0, 0.05) is 6.92 Å². The predicted molar refractivity (Wildman–Crippen MR) is 65.7 cm³/mol. The Morgan fingerprint density at radius 3 is 2.56 bits per heavy atom. The van der Waals surface area contributed by atoms with E-state index in [9.17, 15) is 4.79 Å². The highest BCUT2D eigenvalue weighted by atomic mass is 32.1. The molecule has 1 aromatic heterocycles. The Labute approximate surface area is 99.9 Å².